The summed E-state index contributed by atoms with van der Waals surface area (Å²) in [6.45, 7) is 6.50. The molecule has 0 radical (unpaired) electrons. The number of hydrogen-bond donors (Lipinski definition) is 0. The van der Waals surface area contributed by atoms with Crippen LogP contribution in [0, 0.1) is 16.0 Å². The van der Waals surface area contributed by atoms with Gasteiger partial charge in [-0.05, 0) is 37.8 Å². The quantitative estimate of drug-likeness (QED) is 0.453. The molecule has 0 bridgehead atoms. The first kappa shape index (κ1) is 14.5. The third kappa shape index (κ3) is 3.15. The second kappa shape index (κ2) is 5.61. The van der Waals surface area contributed by atoms with Gasteiger partial charge in [0, 0.05) is 24.3 Å². The number of hydrogen-bond acceptors (Lipinski definition) is 4. The lowest BCUT2D eigenvalue weighted by Crippen LogP contribution is -2.29. The fourth-order valence-corrected chi connectivity index (χ4v) is 2.39. The Morgan fingerprint density at radius 3 is 2.55 bits per heavy atom. The molecule has 0 saturated heterocycles. The number of benzene rings is 1. The largest absolute Gasteiger partial charge is 0.368 e. The lowest BCUT2D eigenvalue weighted by atomic mass is 10.1. The molecule has 20 heavy (non-hydrogen) atoms. The van der Waals surface area contributed by atoms with Crippen LogP contribution in [-0.2, 0) is 0 Å². The van der Waals surface area contributed by atoms with Crippen molar-refractivity contribution in [1.29, 1.82) is 0 Å². The van der Waals surface area contributed by atoms with Crippen molar-refractivity contribution in [1.82, 2.24) is 0 Å². The number of rotatable bonds is 6. The Bertz CT molecular complexity index is 536. The summed E-state index contributed by atoms with van der Waals surface area (Å²) >= 11 is 0. The van der Waals surface area contributed by atoms with Crippen molar-refractivity contribution in [3.8, 4) is 0 Å². The molecule has 0 aliphatic heterocycles. The maximum Gasteiger partial charge on any atom is 0.282 e. The molecule has 108 valence electrons. The van der Waals surface area contributed by atoms with Gasteiger partial charge >= 0.3 is 0 Å². The van der Waals surface area contributed by atoms with E-state index in [1.165, 1.54) is 13.0 Å². The number of nitro benzene ring substituents is 1. The summed E-state index contributed by atoms with van der Waals surface area (Å²) in [4.78, 5) is 24.4. The molecule has 0 atom stereocenters. The van der Waals surface area contributed by atoms with Crippen molar-refractivity contribution >= 4 is 17.2 Å². The van der Waals surface area contributed by atoms with E-state index >= 15 is 0 Å². The van der Waals surface area contributed by atoms with Gasteiger partial charge in [0.05, 0.1) is 10.5 Å². The molecule has 1 fully saturated rings. The van der Waals surface area contributed by atoms with Crippen molar-refractivity contribution in [2.45, 2.75) is 39.7 Å². The van der Waals surface area contributed by atoms with Crippen LogP contribution in [0.4, 0.5) is 11.4 Å². The van der Waals surface area contributed by atoms with Gasteiger partial charge in [-0.3, -0.25) is 14.9 Å². The van der Waals surface area contributed by atoms with Gasteiger partial charge in [0.15, 0.2) is 5.78 Å². The Balaban J connectivity index is 2.38. The number of nitro groups is 1. The minimum Gasteiger partial charge on any atom is -0.368 e. The first-order valence-corrected chi connectivity index (χ1v) is 6.96. The summed E-state index contributed by atoms with van der Waals surface area (Å²) in [6, 6.07) is 5.42. The van der Waals surface area contributed by atoms with E-state index in [-0.39, 0.29) is 17.0 Å². The SMILES string of the molecule is CC(=O)c1ccc(N(CC(C)C)C2CC2)cc1[N+](=O)[O-]. The average Bonchev–Trinajstić information content (AvgIpc) is 3.19. The van der Waals surface area contributed by atoms with Crippen LogP contribution in [0.15, 0.2) is 18.2 Å². The van der Waals surface area contributed by atoms with E-state index in [0.717, 1.165) is 25.1 Å². The number of carbonyl (C=O) groups excluding carboxylic acids is 1. The Hall–Kier alpha value is -1.91. The third-order valence-corrected chi connectivity index (χ3v) is 3.44. The van der Waals surface area contributed by atoms with E-state index in [4.69, 9.17) is 0 Å². The minimum absolute atomic E-state index is 0.0931. The summed E-state index contributed by atoms with van der Waals surface area (Å²) in [5.74, 6) is 0.215. The molecular formula is C15H20N2O3. The van der Waals surface area contributed by atoms with E-state index < -0.39 is 4.92 Å². The molecule has 1 saturated carbocycles. The Kier molecular flexibility index (Phi) is 4.06. The summed E-state index contributed by atoms with van der Waals surface area (Å²) in [5.41, 5.74) is 0.932. The van der Waals surface area contributed by atoms with Gasteiger partial charge in [-0.1, -0.05) is 13.8 Å². The summed E-state index contributed by atoms with van der Waals surface area (Å²) in [7, 11) is 0. The van der Waals surface area contributed by atoms with Gasteiger partial charge < -0.3 is 4.90 Å². The molecule has 0 amide bonds. The van der Waals surface area contributed by atoms with Crippen molar-refractivity contribution in [3.05, 3.63) is 33.9 Å². The minimum atomic E-state index is -0.472. The molecule has 5 nitrogen and oxygen atoms in total. The lowest BCUT2D eigenvalue weighted by Gasteiger charge is -2.26. The molecule has 1 aliphatic carbocycles. The van der Waals surface area contributed by atoms with Crippen LogP contribution in [0.5, 0.6) is 0 Å². The molecule has 0 unspecified atom stereocenters. The fourth-order valence-electron chi connectivity index (χ4n) is 2.39. The smallest absolute Gasteiger partial charge is 0.282 e. The third-order valence-electron chi connectivity index (χ3n) is 3.44. The van der Waals surface area contributed by atoms with Crippen LogP contribution in [0.2, 0.25) is 0 Å². The normalized spacial score (nSPS) is 14.4. The molecule has 0 N–H and O–H groups in total. The van der Waals surface area contributed by atoms with Crippen molar-refractivity contribution in [2.75, 3.05) is 11.4 Å². The van der Waals surface area contributed by atoms with Crippen LogP contribution in [0.1, 0.15) is 44.0 Å². The number of anilines is 1. The Labute approximate surface area is 118 Å². The Morgan fingerprint density at radius 1 is 1.45 bits per heavy atom. The zero-order chi connectivity index (χ0) is 14.9. The second-order valence-electron chi connectivity index (χ2n) is 5.79. The molecule has 0 aromatic heterocycles. The van der Waals surface area contributed by atoms with Crippen molar-refractivity contribution in [2.24, 2.45) is 5.92 Å². The highest BCUT2D eigenvalue weighted by molar-refractivity contribution is 5.98. The molecule has 0 spiro atoms. The van der Waals surface area contributed by atoms with Crippen LogP contribution in [-0.4, -0.2) is 23.3 Å². The van der Waals surface area contributed by atoms with Gasteiger partial charge in [-0.2, -0.15) is 0 Å². The highest BCUT2D eigenvalue weighted by atomic mass is 16.6. The maximum absolute atomic E-state index is 11.5. The highest BCUT2D eigenvalue weighted by Crippen LogP contribution is 2.35. The van der Waals surface area contributed by atoms with E-state index in [0.29, 0.717) is 12.0 Å². The standard InChI is InChI=1S/C15H20N2O3/c1-10(2)9-16(12-4-5-12)13-6-7-14(11(3)18)15(8-13)17(19)20/h6-8,10,12H,4-5,9H2,1-3H3. The first-order chi connectivity index (χ1) is 9.40. The first-order valence-electron chi connectivity index (χ1n) is 6.96. The van der Waals surface area contributed by atoms with Crippen LogP contribution in [0.25, 0.3) is 0 Å². The van der Waals surface area contributed by atoms with Gasteiger partial charge in [0.25, 0.3) is 5.69 Å². The molecule has 0 heterocycles. The van der Waals surface area contributed by atoms with Crippen LogP contribution < -0.4 is 4.90 Å². The zero-order valence-corrected chi connectivity index (χ0v) is 12.1. The van der Waals surface area contributed by atoms with Crippen molar-refractivity contribution < 1.29 is 9.72 Å². The fraction of sp³-hybridized carbons (Fsp3) is 0.533. The van der Waals surface area contributed by atoms with Gasteiger partial charge in [0.1, 0.15) is 0 Å². The average molecular weight is 276 g/mol. The maximum atomic E-state index is 11.5. The summed E-state index contributed by atoms with van der Waals surface area (Å²) in [5, 5.41) is 11.1. The van der Waals surface area contributed by atoms with Gasteiger partial charge in [-0.25, -0.2) is 0 Å². The van der Waals surface area contributed by atoms with Crippen molar-refractivity contribution in [3.63, 3.8) is 0 Å². The van der Waals surface area contributed by atoms with Crippen LogP contribution in [0.3, 0.4) is 0 Å². The molecule has 1 aromatic rings. The molecule has 1 aliphatic rings. The van der Waals surface area contributed by atoms with E-state index in [1.54, 1.807) is 6.07 Å². The zero-order valence-electron chi connectivity index (χ0n) is 12.1. The van der Waals surface area contributed by atoms with Crippen LogP contribution >= 0.6 is 0 Å². The van der Waals surface area contributed by atoms with Gasteiger partial charge in [-0.15, -0.1) is 0 Å². The molecule has 2 rings (SSSR count). The van der Waals surface area contributed by atoms with E-state index in [9.17, 15) is 14.9 Å². The highest BCUT2D eigenvalue weighted by Gasteiger charge is 2.31. The number of ketones is 1. The monoisotopic (exact) mass is 276 g/mol. The number of carbonyl (C=O) groups is 1. The van der Waals surface area contributed by atoms with Gasteiger partial charge in [0.2, 0.25) is 0 Å². The predicted molar refractivity (Wildman–Crippen MR) is 78.3 cm³/mol. The topological polar surface area (TPSA) is 63.5 Å². The summed E-state index contributed by atoms with van der Waals surface area (Å²) in [6.07, 6.45) is 2.27. The van der Waals surface area contributed by atoms with E-state index in [1.807, 2.05) is 6.07 Å². The molecular weight excluding hydrogens is 256 g/mol. The predicted octanol–water partition coefficient (Wildman–Crippen LogP) is 3.42. The molecule has 1 aromatic carbocycles. The Morgan fingerprint density at radius 2 is 2.10 bits per heavy atom. The summed E-state index contributed by atoms with van der Waals surface area (Å²) < 4.78 is 0. The second-order valence-corrected chi connectivity index (χ2v) is 5.79. The number of nitrogens with zero attached hydrogens (tertiary/aromatic N) is 2. The molecule has 5 heteroatoms. The lowest BCUT2D eigenvalue weighted by molar-refractivity contribution is -0.385. The van der Waals surface area contributed by atoms with E-state index in [2.05, 4.69) is 18.7 Å². The number of Topliss-reactive ketones (excluding diaryl/α,β-unsaturated/α-hetero) is 1.